The van der Waals surface area contributed by atoms with Crippen molar-refractivity contribution >= 4 is 23.3 Å². The lowest BCUT2D eigenvalue weighted by Crippen LogP contribution is -2.39. The Hall–Kier alpha value is -3.13. The van der Waals surface area contributed by atoms with E-state index in [0.29, 0.717) is 35.8 Å². The number of H-pyrrole nitrogens is 1. The first kappa shape index (κ1) is 18.7. The molecule has 2 heterocycles. The van der Waals surface area contributed by atoms with Gasteiger partial charge < -0.3 is 14.5 Å². The summed E-state index contributed by atoms with van der Waals surface area (Å²) in [6.07, 6.45) is 3.63. The SMILES string of the molecule is CCn1c(=O)c2[nH]c(/C=C/c3ccc(OCOC)cc3)nc2n(CC)c1=O. The van der Waals surface area contributed by atoms with E-state index in [1.165, 1.54) is 9.13 Å². The summed E-state index contributed by atoms with van der Waals surface area (Å²) in [6, 6.07) is 7.48. The number of hydrogen-bond donors (Lipinski definition) is 1. The van der Waals surface area contributed by atoms with Crippen molar-refractivity contribution in [3.05, 3.63) is 56.5 Å². The third kappa shape index (κ3) is 3.70. The number of imidazole rings is 1. The highest BCUT2D eigenvalue weighted by Gasteiger charge is 2.14. The highest BCUT2D eigenvalue weighted by Crippen LogP contribution is 2.15. The van der Waals surface area contributed by atoms with E-state index < -0.39 is 0 Å². The Bertz CT molecular complexity index is 1070. The van der Waals surface area contributed by atoms with Crippen LogP contribution in [0.1, 0.15) is 25.2 Å². The van der Waals surface area contributed by atoms with Crippen LogP contribution in [0.3, 0.4) is 0 Å². The van der Waals surface area contributed by atoms with Crippen molar-refractivity contribution in [1.82, 2.24) is 19.1 Å². The molecule has 3 aromatic rings. The van der Waals surface area contributed by atoms with Gasteiger partial charge >= 0.3 is 5.69 Å². The topological polar surface area (TPSA) is 91.1 Å². The van der Waals surface area contributed by atoms with Gasteiger partial charge in [0.1, 0.15) is 17.1 Å². The maximum Gasteiger partial charge on any atom is 0.332 e. The largest absolute Gasteiger partial charge is 0.468 e. The van der Waals surface area contributed by atoms with E-state index >= 15 is 0 Å². The maximum atomic E-state index is 12.5. The Labute approximate surface area is 155 Å². The number of nitrogens with one attached hydrogen (secondary N) is 1. The molecule has 0 saturated carbocycles. The summed E-state index contributed by atoms with van der Waals surface area (Å²) in [4.78, 5) is 32.3. The van der Waals surface area contributed by atoms with Gasteiger partial charge in [0.25, 0.3) is 5.56 Å². The van der Waals surface area contributed by atoms with Crippen molar-refractivity contribution < 1.29 is 9.47 Å². The minimum absolute atomic E-state index is 0.197. The molecule has 0 fully saturated rings. The van der Waals surface area contributed by atoms with Crippen molar-refractivity contribution in [3.63, 3.8) is 0 Å². The fraction of sp³-hybridized carbons (Fsp3) is 0.316. The number of aryl methyl sites for hydroxylation is 1. The summed E-state index contributed by atoms with van der Waals surface area (Å²) in [6.45, 7) is 4.57. The first-order chi connectivity index (χ1) is 13.1. The molecule has 0 unspecified atom stereocenters. The van der Waals surface area contributed by atoms with Crippen LogP contribution in [-0.2, 0) is 17.8 Å². The highest BCUT2D eigenvalue weighted by molar-refractivity contribution is 5.75. The molecule has 0 spiro atoms. The van der Waals surface area contributed by atoms with Crippen LogP contribution >= 0.6 is 0 Å². The summed E-state index contributed by atoms with van der Waals surface area (Å²) in [5, 5.41) is 0. The molecular formula is C19H22N4O4. The molecule has 1 aromatic carbocycles. The molecule has 2 aromatic heterocycles. The van der Waals surface area contributed by atoms with Gasteiger partial charge in [0.05, 0.1) is 0 Å². The predicted molar refractivity (Wildman–Crippen MR) is 104 cm³/mol. The van der Waals surface area contributed by atoms with E-state index in [-0.39, 0.29) is 18.0 Å². The van der Waals surface area contributed by atoms with Gasteiger partial charge in [-0.3, -0.25) is 13.9 Å². The van der Waals surface area contributed by atoms with Gasteiger partial charge in [-0.05, 0) is 37.6 Å². The first-order valence-electron chi connectivity index (χ1n) is 8.72. The lowest BCUT2D eigenvalue weighted by Gasteiger charge is -2.06. The molecule has 0 bridgehead atoms. The zero-order valence-electron chi connectivity index (χ0n) is 15.6. The molecule has 0 aliphatic heterocycles. The molecule has 1 N–H and O–H groups in total. The van der Waals surface area contributed by atoms with Gasteiger partial charge in [-0.1, -0.05) is 18.2 Å². The molecule has 0 atom stereocenters. The van der Waals surface area contributed by atoms with Gasteiger partial charge in [0.15, 0.2) is 12.4 Å². The highest BCUT2D eigenvalue weighted by atomic mass is 16.7. The van der Waals surface area contributed by atoms with Gasteiger partial charge in [-0.2, -0.15) is 0 Å². The summed E-state index contributed by atoms with van der Waals surface area (Å²) in [7, 11) is 1.57. The molecule has 0 amide bonds. The molecule has 142 valence electrons. The second-order valence-corrected chi connectivity index (χ2v) is 5.85. The second kappa shape index (κ2) is 8.05. The summed E-state index contributed by atoms with van der Waals surface area (Å²) >= 11 is 0. The monoisotopic (exact) mass is 370 g/mol. The van der Waals surface area contributed by atoms with Crippen LogP contribution < -0.4 is 16.0 Å². The fourth-order valence-electron chi connectivity index (χ4n) is 2.80. The average Bonchev–Trinajstić information content (AvgIpc) is 3.10. The molecule has 8 heteroatoms. The standard InChI is InChI=1S/C19H22N4O4/c1-4-22-17-16(18(24)23(5-2)19(22)25)20-15(21-17)11-8-13-6-9-14(10-7-13)27-12-26-3/h6-11H,4-5,12H2,1-3H3,(H,20,21)/b11-8+. The molecule has 3 rings (SSSR count). The van der Waals surface area contributed by atoms with E-state index in [1.807, 2.05) is 37.3 Å². The number of rotatable bonds is 7. The summed E-state index contributed by atoms with van der Waals surface area (Å²) < 4.78 is 12.9. The second-order valence-electron chi connectivity index (χ2n) is 5.85. The average molecular weight is 370 g/mol. The van der Waals surface area contributed by atoms with Crippen LogP contribution in [0.15, 0.2) is 33.9 Å². The molecule has 0 radical (unpaired) electrons. The van der Waals surface area contributed by atoms with Crippen LogP contribution in [-0.4, -0.2) is 33.0 Å². The molecule has 0 aliphatic rings. The number of benzene rings is 1. The van der Waals surface area contributed by atoms with Gasteiger partial charge in [-0.15, -0.1) is 0 Å². The Morgan fingerprint density at radius 3 is 2.41 bits per heavy atom. The van der Waals surface area contributed by atoms with Crippen LogP contribution in [0.4, 0.5) is 0 Å². The zero-order valence-corrected chi connectivity index (χ0v) is 15.6. The van der Waals surface area contributed by atoms with Gasteiger partial charge in [0, 0.05) is 20.2 Å². The zero-order chi connectivity index (χ0) is 19.4. The number of methoxy groups -OCH3 is 1. The normalized spacial score (nSPS) is 11.5. The van der Waals surface area contributed by atoms with E-state index in [4.69, 9.17) is 9.47 Å². The van der Waals surface area contributed by atoms with Gasteiger partial charge in [-0.25, -0.2) is 9.78 Å². The smallest absolute Gasteiger partial charge is 0.332 e. The first-order valence-corrected chi connectivity index (χ1v) is 8.72. The predicted octanol–water partition coefficient (Wildman–Crippen LogP) is 2.08. The van der Waals surface area contributed by atoms with E-state index in [2.05, 4.69) is 9.97 Å². The lowest BCUT2D eigenvalue weighted by atomic mass is 10.2. The lowest BCUT2D eigenvalue weighted by molar-refractivity contribution is 0.0511. The summed E-state index contributed by atoms with van der Waals surface area (Å²) in [5.74, 6) is 1.22. The molecular weight excluding hydrogens is 348 g/mol. The minimum Gasteiger partial charge on any atom is -0.468 e. The number of nitrogens with zero attached hydrogens (tertiary/aromatic N) is 3. The minimum atomic E-state index is -0.353. The number of aromatic nitrogens is 4. The number of ether oxygens (including phenoxy) is 2. The molecule has 8 nitrogen and oxygen atoms in total. The third-order valence-corrected chi connectivity index (χ3v) is 4.17. The van der Waals surface area contributed by atoms with E-state index in [0.717, 1.165) is 5.56 Å². The molecule has 0 aliphatic carbocycles. The number of aromatic amines is 1. The van der Waals surface area contributed by atoms with Crippen LogP contribution in [0.25, 0.3) is 23.3 Å². The Morgan fingerprint density at radius 1 is 1.07 bits per heavy atom. The van der Waals surface area contributed by atoms with Crippen molar-refractivity contribution in [3.8, 4) is 5.75 Å². The van der Waals surface area contributed by atoms with Crippen molar-refractivity contribution in [2.24, 2.45) is 0 Å². The fourth-order valence-corrected chi connectivity index (χ4v) is 2.80. The molecule has 27 heavy (non-hydrogen) atoms. The summed E-state index contributed by atoms with van der Waals surface area (Å²) in [5.41, 5.74) is 0.959. The Kier molecular flexibility index (Phi) is 5.56. The number of fused-ring (bicyclic) bond motifs is 1. The van der Waals surface area contributed by atoms with Crippen LogP contribution in [0.5, 0.6) is 5.75 Å². The van der Waals surface area contributed by atoms with Crippen molar-refractivity contribution in [2.75, 3.05) is 13.9 Å². The third-order valence-electron chi connectivity index (χ3n) is 4.17. The van der Waals surface area contributed by atoms with Crippen LogP contribution in [0, 0.1) is 0 Å². The van der Waals surface area contributed by atoms with E-state index in [9.17, 15) is 9.59 Å². The Balaban J connectivity index is 1.94. The van der Waals surface area contributed by atoms with Crippen LogP contribution in [0.2, 0.25) is 0 Å². The number of hydrogen-bond acceptors (Lipinski definition) is 5. The van der Waals surface area contributed by atoms with E-state index in [1.54, 1.807) is 20.1 Å². The van der Waals surface area contributed by atoms with Crippen molar-refractivity contribution in [2.45, 2.75) is 26.9 Å². The quantitative estimate of drug-likeness (QED) is 0.643. The Morgan fingerprint density at radius 2 is 1.78 bits per heavy atom. The van der Waals surface area contributed by atoms with Crippen molar-refractivity contribution in [1.29, 1.82) is 0 Å². The maximum absolute atomic E-state index is 12.5. The molecule has 0 saturated heterocycles. The van der Waals surface area contributed by atoms with Gasteiger partial charge in [0.2, 0.25) is 0 Å².